The van der Waals surface area contributed by atoms with Crippen LogP contribution in [0.5, 0.6) is 0 Å². The molecule has 0 amide bonds. The number of hydrogen-bond acceptors (Lipinski definition) is 1. The third kappa shape index (κ3) is 4.80. The van der Waals surface area contributed by atoms with Crippen molar-refractivity contribution in [2.24, 2.45) is 0 Å². The predicted octanol–water partition coefficient (Wildman–Crippen LogP) is 8.80. The van der Waals surface area contributed by atoms with E-state index in [1.54, 1.807) is 0 Å². The first kappa shape index (κ1) is 30.4. The van der Waals surface area contributed by atoms with Crippen LogP contribution in [0.2, 0.25) is 0 Å². The van der Waals surface area contributed by atoms with Crippen LogP contribution in [-0.4, -0.2) is 12.6 Å². The quantitative estimate of drug-likeness (QED) is 0.101. The first-order valence-corrected chi connectivity index (χ1v) is 18.3. The lowest BCUT2D eigenvalue weighted by atomic mass is 10.0. The molecule has 1 aromatic heterocycles. The fourth-order valence-corrected chi connectivity index (χ4v) is 12.2. The van der Waals surface area contributed by atoms with Crippen LogP contribution in [0.25, 0.3) is 48.3 Å². The molecule has 0 unspecified atom stereocenters. The number of nitrogens with zero attached hydrogens (tertiary/aromatic N) is 4. The third-order valence-corrected chi connectivity index (χ3v) is 14.4. The van der Waals surface area contributed by atoms with Gasteiger partial charge in [0.05, 0.1) is 35.8 Å². The van der Waals surface area contributed by atoms with Gasteiger partial charge in [0, 0.05) is 16.5 Å². The Hall–Kier alpha value is -6.97. The van der Waals surface area contributed by atoms with Crippen LogP contribution in [0.3, 0.4) is 0 Å². The lowest BCUT2D eigenvalue weighted by molar-refractivity contribution is 1.18. The minimum Gasteiger partial charge on any atom is -0.309 e. The molecule has 0 aliphatic heterocycles. The highest BCUT2D eigenvalue weighted by atomic mass is 28.3. The summed E-state index contributed by atoms with van der Waals surface area (Å²) in [7, 11) is -2.89. The summed E-state index contributed by atoms with van der Waals surface area (Å²) in [5, 5.41) is 16.5. The molecule has 1 heterocycles. The Bertz CT molecular complexity index is 2580. The Kier molecular flexibility index (Phi) is 7.63. The molecule has 0 radical (unpaired) electrons. The second kappa shape index (κ2) is 12.6. The molecule has 0 fully saturated rings. The average Bonchev–Trinajstić information content (AvgIpc) is 3.52. The highest BCUT2D eigenvalue weighted by Crippen LogP contribution is 2.40. The smallest absolute Gasteiger partial charge is 0.193 e. The Morgan fingerprint density at radius 1 is 0.480 bits per heavy atom. The highest BCUT2D eigenvalue weighted by molar-refractivity contribution is 7.19. The average molecular weight is 653 g/mol. The van der Waals surface area contributed by atoms with Gasteiger partial charge in [0.15, 0.2) is 19.4 Å². The Morgan fingerprint density at radius 3 is 1.58 bits per heavy atom. The summed E-state index contributed by atoms with van der Waals surface area (Å²) in [4.78, 5) is 7.97. The van der Waals surface area contributed by atoms with E-state index in [0.29, 0.717) is 22.5 Å². The first-order chi connectivity index (χ1) is 24.7. The molecule has 0 saturated carbocycles. The Balaban J connectivity index is 1.43. The molecule has 50 heavy (non-hydrogen) atoms. The van der Waals surface area contributed by atoms with Gasteiger partial charge in [-0.1, -0.05) is 133 Å². The zero-order chi connectivity index (χ0) is 34.1. The SMILES string of the molecule is [C-]#[N+]c1ccc(-n2c3ccccc3c3cc(C#N)ccc32)cc1-c1cc([Si](c2ccccc2)(c2ccccc2)c2ccccc2)ccc1[N+]#[C-]. The van der Waals surface area contributed by atoms with Gasteiger partial charge in [-0.15, -0.1) is 0 Å². The molecule has 0 atom stereocenters. The van der Waals surface area contributed by atoms with Crippen molar-refractivity contribution < 1.29 is 0 Å². The summed E-state index contributed by atoms with van der Waals surface area (Å²) in [5.74, 6) is 0. The molecule has 232 valence electrons. The van der Waals surface area contributed by atoms with Crippen molar-refractivity contribution in [3.05, 3.63) is 198 Å². The van der Waals surface area contributed by atoms with Gasteiger partial charge in [-0.25, -0.2) is 9.69 Å². The first-order valence-electron chi connectivity index (χ1n) is 16.3. The number of benzene rings is 7. The highest BCUT2D eigenvalue weighted by Gasteiger charge is 2.41. The van der Waals surface area contributed by atoms with Gasteiger partial charge >= 0.3 is 0 Å². The fraction of sp³-hybridized carbons (Fsp3) is 0. The van der Waals surface area contributed by atoms with Gasteiger partial charge in [0.2, 0.25) is 0 Å². The maximum atomic E-state index is 9.65. The molecular formula is C45H28N4Si. The summed E-state index contributed by atoms with van der Waals surface area (Å²) in [6.07, 6.45) is 0. The van der Waals surface area contributed by atoms with E-state index in [-0.39, 0.29) is 0 Å². The summed E-state index contributed by atoms with van der Waals surface area (Å²) < 4.78 is 2.18. The van der Waals surface area contributed by atoms with Crippen LogP contribution >= 0.6 is 0 Å². The maximum Gasteiger partial charge on any atom is 0.193 e. The molecule has 5 heteroatoms. The predicted molar refractivity (Wildman–Crippen MR) is 207 cm³/mol. The fourth-order valence-electron chi connectivity index (χ4n) is 7.44. The van der Waals surface area contributed by atoms with Crippen LogP contribution < -0.4 is 20.7 Å². The normalized spacial score (nSPS) is 11.1. The number of para-hydroxylation sites is 1. The van der Waals surface area contributed by atoms with Gasteiger partial charge in [0.1, 0.15) is 0 Å². The number of nitriles is 1. The van der Waals surface area contributed by atoms with Gasteiger partial charge in [-0.3, -0.25) is 0 Å². The van der Waals surface area contributed by atoms with Crippen molar-refractivity contribution in [3.63, 3.8) is 0 Å². The summed E-state index contributed by atoms with van der Waals surface area (Å²) >= 11 is 0. The van der Waals surface area contributed by atoms with E-state index in [4.69, 9.17) is 13.1 Å². The summed E-state index contributed by atoms with van der Waals surface area (Å²) in [6, 6.07) is 60.4. The Labute approximate surface area is 292 Å². The second-order valence-electron chi connectivity index (χ2n) is 12.2. The zero-order valence-corrected chi connectivity index (χ0v) is 28.0. The van der Waals surface area contributed by atoms with Crippen LogP contribution in [-0.2, 0) is 0 Å². The van der Waals surface area contributed by atoms with Gasteiger partial charge in [0.25, 0.3) is 0 Å². The van der Waals surface area contributed by atoms with Crippen molar-refractivity contribution in [1.29, 1.82) is 5.26 Å². The molecule has 4 nitrogen and oxygen atoms in total. The molecule has 0 aliphatic rings. The van der Waals surface area contributed by atoms with E-state index in [2.05, 4.69) is 136 Å². The molecular weight excluding hydrogens is 625 g/mol. The minimum absolute atomic E-state index is 0.481. The molecule has 0 N–H and O–H groups in total. The van der Waals surface area contributed by atoms with Crippen molar-refractivity contribution in [3.8, 4) is 22.9 Å². The van der Waals surface area contributed by atoms with Crippen LogP contribution in [0, 0.1) is 24.5 Å². The van der Waals surface area contributed by atoms with E-state index in [1.165, 1.54) is 15.6 Å². The standard InChI is InChI=1S/C45H28N4Si/c1-47-42-25-23-33(49-44-21-13-12-20-38(44)41-28-32(31-46)22-27-45(41)49)29-39(42)40-30-37(24-26-43(40)48-2)50(34-14-6-3-7-15-34,35-16-8-4-9-17-35)36-18-10-5-11-19-36/h3-30H. The van der Waals surface area contributed by atoms with E-state index < -0.39 is 8.07 Å². The molecule has 0 spiro atoms. The van der Waals surface area contributed by atoms with Crippen LogP contribution in [0.4, 0.5) is 11.4 Å². The van der Waals surface area contributed by atoms with Crippen molar-refractivity contribution in [2.75, 3.05) is 0 Å². The van der Waals surface area contributed by atoms with E-state index in [9.17, 15) is 5.26 Å². The van der Waals surface area contributed by atoms with Gasteiger partial charge < -0.3 is 4.57 Å². The summed E-state index contributed by atoms with van der Waals surface area (Å²) in [5.41, 5.74) is 5.87. The number of fused-ring (bicyclic) bond motifs is 3. The third-order valence-electron chi connectivity index (χ3n) is 9.62. The largest absolute Gasteiger partial charge is 0.309 e. The monoisotopic (exact) mass is 652 g/mol. The summed E-state index contributed by atoms with van der Waals surface area (Å²) in [6.45, 7) is 16.5. The maximum absolute atomic E-state index is 9.65. The van der Waals surface area contributed by atoms with Gasteiger partial charge in [-0.05, 0) is 68.3 Å². The molecule has 8 rings (SSSR count). The molecule has 0 aliphatic carbocycles. The number of hydrogen-bond donors (Lipinski definition) is 0. The molecule has 0 saturated heterocycles. The number of aromatic nitrogens is 1. The van der Waals surface area contributed by atoms with Gasteiger partial charge in [-0.2, -0.15) is 5.26 Å². The van der Waals surface area contributed by atoms with Crippen molar-refractivity contribution in [2.45, 2.75) is 0 Å². The lowest BCUT2D eigenvalue weighted by Gasteiger charge is -2.35. The zero-order valence-electron chi connectivity index (χ0n) is 27.0. The van der Waals surface area contributed by atoms with Crippen LogP contribution in [0.1, 0.15) is 5.56 Å². The minimum atomic E-state index is -2.89. The van der Waals surface area contributed by atoms with Crippen molar-refractivity contribution in [1.82, 2.24) is 4.57 Å². The topological polar surface area (TPSA) is 37.4 Å². The van der Waals surface area contributed by atoms with Crippen LogP contribution in [0.15, 0.2) is 170 Å². The second-order valence-corrected chi connectivity index (χ2v) is 16.0. The molecule has 8 aromatic rings. The Morgan fingerprint density at radius 2 is 1.00 bits per heavy atom. The van der Waals surface area contributed by atoms with E-state index in [1.807, 2.05) is 54.6 Å². The molecule has 7 aromatic carbocycles. The number of rotatable bonds is 6. The molecule has 0 bridgehead atoms. The van der Waals surface area contributed by atoms with E-state index in [0.717, 1.165) is 38.2 Å². The lowest BCUT2D eigenvalue weighted by Crippen LogP contribution is -2.74. The van der Waals surface area contributed by atoms with Crippen molar-refractivity contribution >= 4 is 62.0 Å². The van der Waals surface area contributed by atoms with E-state index >= 15 is 0 Å².